The largest absolute Gasteiger partial charge is 0.382 e. The molecule has 3 rings (SSSR count). The average molecular weight is 305 g/mol. The Bertz CT molecular complexity index is 848. The fourth-order valence-electron chi connectivity index (χ4n) is 1.82. The minimum absolute atomic E-state index is 0.207. The van der Waals surface area contributed by atoms with E-state index in [0.29, 0.717) is 20.8 Å². The summed E-state index contributed by atoms with van der Waals surface area (Å²) in [5.74, 6) is -0.211. The van der Waals surface area contributed by atoms with Gasteiger partial charge in [0.05, 0.1) is 20.8 Å². The van der Waals surface area contributed by atoms with Gasteiger partial charge >= 0.3 is 0 Å². The molecule has 0 saturated heterocycles. The molecule has 20 heavy (non-hydrogen) atoms. The summed E-state index contributed by atoms with van der Waals surface area (Å²) < 4.78 is 14.5. The Morgan fingerprint density at radius 1 is 1.40 bits per heavy atom. The van der Waals surface area contributed by atoms with Crippen LogP contribution >= 0.6 is 22.9 Å². The molecule has 0 atom stereocenters. The lowest BCUT2D eigenvalue weighted by Gasteiger charge is -2.00. The summed E-state index contributed by atoms with van der Waals surface area (Å²) in [5.41, 5.74) is 6.69. The minimum Gasteiger partial charge on any atom is -0.382 e. The van der Waals surface area contributed by atoms with Crippen LogP contribution in [0.3, 0.4) is 0 Å². The Kier molecular flexibility index (Phi) is 3.01. The molecule has 0 fully saturated rings. The summed E-state index contributed by atoms with van der Waals surface area (Å²) in [6, 6.07) is 6.40. The first-order chi connectivity index (χ1) is 9.61. The molecular weight excluding hydrogens is 299 g/mol. The number of aromatic nitrogens is 2. The molecule has 98 valence electrons. The lowest BCUT2D eigenvalue weighted by molar-refractivity contribution is 0.631. The molecule has 0 unspecified atom stereocenters. The van der Waals surface area contributed by atoms with Crippen LogP contribution in [0.2, 0.25) is 5.02 Å². The van der Waals surface area contributed by atoms with Crippen molar-refractivity contribution in [3.63, 3.8) is 0 Å². The van der Waals surface area contributed by atoms with Gasteiger partial charge in [0.15, 0.2) is 0 Å². The molecule has 4 nitrogen and oxygen atoms in total. The Labute approximate surface area is 122 Å². The number of rotatable bonds is 1. The van der Waals surface area contributed by atoms with Crippen molar-refractivity contribution in [2.24, 2.45) is 0 Å². The highest BCUT2D eigenvalue weighted by Gasteiger charge is 2.17. The number of pyridine rings is 1. The second kappa shape index (κ2) is 4.71. The summed E-state index contributed by atoms with van der Waals surface area (Å²) in [4.78, 5) is 8.22. The van der Waals surface area contributed by atoms with Crippen LogP contribution in [0.1, 0.15) is 5.56 Å². The summed E-state index contributed by atoms with van der Waals surface area (Å²) in [6.45, 7) is 0. The van der Waals surface area contributed by atoms with Crippen molar-refractivity contribution in [1.82, 2.24) is 9.97 Å². The molecule has 0 aliphatic rings. The molecule has 3 aromatic rings. The molecule has 2 heterocycles. The van der Waals surface area contributed by atoms with Crippen molar-refractivity contribution in [1.29, 1.82) is 5.26 Å². The van der Waals surface area contributed by atoms with Crippen LogP contribution in [0, 0.1) is 17.1 Å². The second-order valence-corrected chi connectivity index (χ2v) is 5.37. The summed E-state index contributed by atoms with van der Waals surface area (Å²) >= 11 is 7.18. The summed E-state index contributed by atoms with van der Waals surface area (Å²) in [7, 11) is 0. The van der Waals surface area contributed by atoms with Gasteiger partial charge in [0.1, 0.15) is 28.2 Å². The number of nitrogens with zero attached hydrogens (tertiary/aromatic N) is 3. The number of thiazole rings is 1. The van der Waals surface area contributed by atoms with Crippen LogP contribution in [0.25, 0.3) is 20.8 Å². The number of benzene rings is 1. The zero-order chi connectivity index (χ0) is 14.3. The van der Waals surface area contributed by atoms with Crippen LogP contribution in [-0.4, -0.2) is 9.97 Å². The molecule has 7 heteroatoms. The Morgan fingerprint density at radius 2 is 2.20 bits per heavy atom. The van der Waals surface area contributed by atoms with E-state index in [1.807, 2.05) is 6.07 Å². The van der Waals surface area contributed by atoms with Crippen molar-refractivity contribution in [3.05, 3.63) is 40.8 Å². The first kappa shape index (κ1) is 12.8. The predicted molar refractivity (Wildman–Crippen MR) is 76.9 cm³/mol. The molecule has 1 aromatic carbocycles. The van der Waals surface area contributed by atoms with Crippen LogP contribution < -0.4 is 5.73 Å². The van der Waals surface area contributed by atoms with Gasteiger partial charge in [-0.3, -0.25) is 0 Å². The number of hydrogen-bond donors (Lipinski definition) is 1. The third-order valence-electron chi connectivity index (χ3n) is 2.74. The fourth-order valence-corrected chi connectivity index (χ4v) is 3.18. The van der Waals surface area contributed by atoms with Crippen molar-refractivity contribution < 1.29 is 4.39 Å². The van der Waals surface area contributed by atoms with Crippen molar-refractivity contribution in [2.45, 2.75) is 0 Å². The lowest BCUT2D eigenvalue weighted by Crippen LogP contribution is -1.91. The maximum atomic E-state index is 13.9. The topological polar surface area (TPSA) is 75.6 Å². The van der Waals surface area contributed by atoms with Gasteiger partial charge in [0, 0.05) is 6.20 Å². The summed E-state index contributed by atoms with van der Waals surface area (Å²) in [5, 5.41) is 9.68. The molecule has 0 amide bonds. The maximum absolute atomic E-state index is 13.9. The lowest BCUT2D eigenvalue weighted by atomic mass is 10.2. The molecule has 0 spiro atoms. The minimum atomic E-state index is -0.471. The van der Waals surface area contributed by atoms with E-state index in [9.17, 15) is 4.39 Å². The van der Waals surface area contributed by atoms with Crippen LogP contribution in [0.15, 0.2) is 24.4 Å². The Morgan fingerprint density at radius 3 is 2.90 bits per heavy atom. The van der Waals surface area contributed by atoms with Gasteiger partial charge in [-0.05, 0) is 12.1 Å². The highest BCUT2D eigenvalue weighted by molar-refractivity contribution is 7.22. The fraction of sp³-hybridized carbons (Fsp3) is 0. The number of nitriles is 1. The van der Waals surface area contributed by atoms with Gasteiger partial charge in [0.2, 0.25) is 0 Å². The first-order valence-corrected chi connectivity index (χ1v) is 6.70. The SMILES string of the molecule is N#Cc1cnc(N)c2sc(-c3c(F)cccc3Cl)nc12. The molecule has 0 saturated carbocycles. The third kappa shape index (κ3) is 1.88. The zero-order valence-corrected chi connectivity index (χ0v) is 11.5. The molecular formula is C13H6ClFN4S. The number of nitrogen functional groups attached to an aromatic ring is 1. The highest BCUT2D eigenvalue weighted by Crippen LogP contribution is 2.38. The van der Waals surface area contributed by atoms with Gasteiger partial charge in [-0.25, -0.2) is 14.4 Å². The first-order valence-electron chi connectivity index (χ1n) is 5.51. The van der Waals surface area contributed by atoms with Crippen LogP contribution in [-0.2, 0) is 0 Å². The molecule has 0 aliphatic carbocycles. The molecule has 0 bridgehead atoms. The van der Waals surface area contributed by atoms with Gasteiger partial charge in [-0.1, -0.05) is 17.7 Å². The monoisotopic (exact) mass is 304 g/mol. The average Bonchev–Trinajstić information content (AvgIpc) is 2.84. The predicted octanol–water partition coefficient (Wildman–Crippen LogP) is 3.60. The van der Waals surface area contributed by atoms with Crippen LogP contribution in [0.5, 0.6) is 0 Å². The van der Waals surface area contributed by atoms with E-state index in [2.05, 4.69) is 9.97 Å². The number of fused-ring (bicyclic) bond motifs is 1. The summed E-state index contributed by atoms with van der Waals surface area (Å²) in [6.07, 6.45) is 1.35. The van der Waals surface area contributed by atoms with E-state index in [1.54, 1.807) is 6.07 Å². The van der Waals surface area contributed by atoms with E-state index in [0.717, 1.165) is 11.3 Å². The molecule has 0 aliphatic heterocycles. The Balaban J connectivity index is 2.35. The van der Waals surface area contributed by atoms with Crippen molar-refractivity contribution in [2.75, 3.05) is 5.73 Å². The zero-order valence-electron chi connectivity index (χ0n) is 9.89. The van der Waals surface area contributed by atoms with Gasteiger partial charge in [-0.15, -0.1) is 11.3 Å². The van der Waals surface area contributed by atoms with Gasteiger partial charge in [-0.2, -0.15) is 5.26 Å². The molecule has 2 aromatic heterocycles. The quantitative estimate of drug-likeness (QED) is 0.745. The number of anilines is 1. The second-order valence-electron chi connectivity index (χ2n) is 3.96. The third-order valence-corrected chi connectivity index (χ3v) is 4.16. The van der Waals surface area contributed by atoms with Crippen molar-refractivity contribution in [3.8, 4) is 16.6 Å². The number of nitrogens with two attached hydrogens (primary N) is 1. The molecule has 0 radical (unpaired) electrons. The van der Waals surface area contributed by atoms with Gasteiger partial charge in [0.25, 0.3) is 0 Å². The van der Waals surface area contributed by atoms with E-state index in [1.165, 1.54) is 18.3 Å². The number of halogens is 2. The maximum Gasteiger partial charge on any atom is 0.143 e. The van der Waals surface area contributed by atoms with E-state index in [4.69, 9.17) is 22.6 Å². The number of hydrogen-bond acceptors (Lipinski definition) is 5. The Hall–Kier alpha value is -2.23. The standard InChI is InChI=1S/C13H6ClFN4S/c14-7-2-1-3-8(15)9(7)13-19-10-6(4-16)5-18-12(17)11(10)20-13/h1-3,5H,(H2,17,18). The van der Waals surface area contributed by atoms with E-state index < -0.39 is 5.82 Å². The van der Waals surface area contributed by atoms with Crippen LogP contribution in [0.4, 0.5) is 10.2 Å². The van der Waals surface area contributed by atoms with Crippen molar-refractivity contribution >= 4 is 39.0 Å². The highest BCUT2D eigenvalue weighted by atomic mass is 35.5. The smallest absolute Gasteiger partial charge is 0.143 e. The van der Waals surface area contributed by atoms with E-state index in [-0.39, 0.29) is 16.4 Å². The molecule has 2 N–H and O–H groups in total. The van der Waals surface area contributed by atoms with Gasteiger partial charge < -0.3 is 5.73 Å². The normalized spacial score (nSPS) is 10.7. The van der Waals surface area contributed by atoms with E-state index >= 15 is 0 Å².